The standard InChI is InChI=1S/2C6H18N4.Co/c2*7-1-3-9-5-6-10-4-2-8;/h2*9-10H,1-8H2;. The Morgan fingerprint density at radius 3 is 0.714 bits per heavy atom. The maximum atomic E-state index is 5.27. The van der Waals surface area contributed by atoms with Crippen LogP contribution < -0.4 is 44.2 Å². The van der Waals surface area contributed by atoms with Gasteiger partial charge in [-0.2, -0.15) is 0 Å². The van der Waals surface area contributed by atoms with Crippen LogP contribution in [-0.4, -0.2) is 78.5 Å². The van der Waals surface area contributed by atoms with Gasteiger partial charge >= 0.3 is 0 Å². The molecule has 0 rings (SSSR count). The van der Waals surface area contributed by atoms with Crippen molar-refractivity contribution in [3.63, 3.8) is 0 Å². The fraction of sp³-hybridized carbons (Fsp3) is 1.00. The Labute approximate surface area is 140 Å². The molecule has 0 amide bonds. The van der Waals surface area contributed by atoms with Crippen LogP contribution in [0.15, 0.2) is 0 Å². The van der Waals surface area contributed by atoms with Crippen LogP contribution in [0.3, 0.4) is 0 Å². The largest absolute Gasteiger partial charge is 0.329 e. The van der Waals surface area contributed by atoms with Crippen LogP contribution in [0.2, 0.25) is 0 Å². The van der Waals surface area contributed by atoms with Crippen molar-refractivity contribution in [1.82, 2.24) is 21.3 Å². The Kier molecular flexibility index (Phi) is 35.3. The molecular formula is C12H36CoN8. The molecule has 0 aromatic carbocycles. The van der Waals surface area contributed by atoms with Gasteiger partial charge in [0, 0.05) is 95.3 Å². The first-order chi connectivity index (χ1) is 9.83. The van der Waals surface area contributed by atoms with Gasteiger partial charge in [-0.25, -0.2) is 0 Å². The summed E-state index contributed by atoms with van der Waals surface area (Å²) in [7, 11) is 0. The number of hydrogen-bond acceptors (Lipinski definition) is 8. The van der Waals surface area contributed by atoms with E-state index in [0.717, 1.165) is 52.4 Å². The molecule has 8 nitrogen and oxygen atoms in total. The first-order valence-corrected chi connectivity index (χ1v) is 7.46. The Hall–Kier alpha value is 0.186. The summed E-state index contributed by atoms with van der Waals surface area (Å²) in [5.41, 5.74) is 21.1. The molecule has 12 N–H and O–H groups in total. The zero-order valence-corrected chi connectivity index (χ0v) is 14.2. The normalized spacial score (nSPS) is 9.71. The van der Waals surface area contributed by atoms with Gasteiger partial charge in [-0.15, -0.1) is 0 Å². The third-order valence-electron chi connectivity index (χ3n) is 2.24. The molecule has 21 heavy (non-hydrogen) atoms. The van der Waals surface area contributed by atoms with E-state index in [0.29, 0.717) is 26.2 Å². The van der Waals surface area contributed by atoms with Gasteiger partial charge in [0.15, 0.2) is 0 Å². The van der Waals surface area contributed by atoms with Crippen molar-refractivity contribution in [2.24, 2.45) is 22.9 Å². The van der Waals surface area contributed by atoms with Crippen molar-refractivity contribution in [2.75, 3.05) is 78.5 Å². The fourth-order valence-electron chi connectivity index (χ4n) is 1.26. The summed E-state index contributed by atoms with van der Waals surface area (Å²) in [6.07, 6.45) is 0. The van der Waals surface area contributed by atoms with E-state index < -0.39 is 0 Å². The van der Waals surface area contributed by atoms with Gasteiger partial charge in [-0.3, -0.25) is 0 Å². The Morgan fingerprint density at radius 1 is 0.381 bits per heavy atom. The predicted octanol–water partition coefficient (Wildman–Crippen LogP) is -3.84. The number of nitrogens with two attached hydrogens (primary N) is 4. The molecule has 0 bridgehead atoms. The molecule has 0 aliphatic heterocycles. The van der Waals surface area contributed by atoms with Crippen LogP contribution in [0.1, 0.15) is 0 Å². The topological polar surface area (TPSA) is 152 Å². The summed E-state index contributed by atoms with van der Waals surface area (Å²) in [5, 5.41) is 12.7. The van der Waals surface area contributed by atoms with Crippen LogP contribution in [0.4, 0.5) is 0 Å². The van der Waals surface area contributed by atoms with E-state index in [4.69, 9.17) is 22.9 Å². The molecule has 0 saturated heterocycles. The van der Waals surface area contributed by atoms with Crippen molar-refractivity contribution in [2.45, 2.75) is 0 Å². The van der Waals surface area contributed by atoms with Gasteiger partial charge in [0.2, 0.25) is 0 Å². The van der Waals surface area contributed by atoms with Gasteiger partial charge in [-0.05, 0) is 0 Å². The number of hydrogen-bond donors (Lipinski definition) is 8. The van der Waals surface area contributed by atoms with E-state index in [2.05, 4.69) is 21.3 Å². The maximum Gasteiger partial charge on any atom is 0.00772 e. The molecule has 133 valence electrons. The molecule has 1 radical (unpaired) electrons. The van der Waals surface area contributed by atoms with Gasteiger partial charge in [0.25, 0.3) is 0 Å². The second kappa shape index (κ2) is 28.4. The second-order valence-corrected chi connectivity index (χ2v) is 4.15. The molecule has 0 saturated carbocycles. The van der Waals surface area contributed by atoms with Crippen molar-refractivity contribution >= 4 is 0 Å². The zero-order valence-electron chi connectivity index (χ0n) is 13.1. The summed E-state index contributed by atoms with van der Waals surface area (Å²) in [5.74, 6) is 0. The van der Waals surface area contributed by atoms with E-state index in [1.807, 2.05) is 0 Å². The molecule has 0 aromatic heterocycles. The van der Waals surface area contributed by atoms with E-state index in [1.165, 1.54) is 0 Å². The molecule has 0 heterocycles. The van der Waals surface area contributed by atoms with E-state index >= 15 is 0 Å². The van der Waals surface area contributed by atoms with Crippen molar-refractivity contribution < 1.29 is 16.8 Å². The summed E-state index contributed by atoms with van der Waals surface area (Å²) in [6.45, 7) is 10.3. The Bertz CT molecular complexity index is 121. The number of rotatable bonds is 14. The average molecular weight is 351 g/mol. The van der Waals surface area contributed by atoms with Crippen molar-refractivity contribution in [3.8, 4) is 0 Å². The second-order valence-electron chi connectivity index (χ2n) is 4.15. The molecule has 0 spiro atoms. The minimum absolute atomic E-state index is 0. The smallest absolute Gasteiger partial charge is 0.00772 e. The molecule has 0 fully saturated rings. The van der Waals surface area contributed by atoms with Gasteiger partial charge < -0.3 is 44.2 Å². The summed E-state index contributed by atoms with van der Waals surface area (Å²) < 4.78 is 0. The molecular weight excluding hydrogens is 315 g/mol. The van der Waals surface area contributed by atoms with Crippen LogP contribution >= 0.6 is 0 Å². The third kappa shape index (κ3) is 33.2. The summed E-state index contributed by atoms with van der Waals surface area (Å²) in [6, 6.07) is 0. The van der Waals surface area contributed by atoms with Crippen LogP contribution in [0, 0.1) is 0 Å². The first-order valence-electron chi connectivity index (χ1n) is 7.46. The zero-order chi connectivity index (χ0) is 15.3. The molecule has 0 atom stereocenters. The monoisotopic (exact) mass is 351 g/mol. The molecule has 0 aromatic rings. The van der Waals surface area contributed by atoms with Crippen molar-refractivity contribution in [3.05, 3.63) is 0 Å². The fourth-order valence-corrected chi connectivity index (χ4v) is 1.26. The van der Waals surface area contributed by atoms with Crippen LogP contribution in [0.25, 0.3) is 0 Å². The minimum atomic E-state index is 0. The predicted molar refractivity (Wildman–Crippen MR) is 87.7 cm³/mol. The summed E-state index contributed by atoms with van der Waals surface area (Å²) in [4.78, 5) is 0. The minimum Gasteiger partial charge on any atom is -0.329 e. The molecule has 0 aliphatic rings. The molecule has 0 unspecified atom stereocenters. The summed E-state index contributed by atoms with van der Waals surface area (Å²) >= 11 is 0. The van der Waals surface area contributed by atoms with Crippen LogP contribution in [-0.2, 0) is 16.8 Å². The van der Waals surface area contributed by atoms with Gasteiger partial charge in [0.05, 0.1) is 0 Å². The number of nitrogens with one attached hydrogen (secondary N) is 4. The Balaban J connectivity index is -0.000000295. The van der Waals surface area contributed by atoms with Gasteiger partial charge in [-0.1, -0.05) is 0 Å². The average Bonchev–Trinajstić information content (AvgIpc) is 2.47. The molecule has 9 heteroatoms. The Morgan fingerprint density at radius 2 is 0.571 bits per heavy atom. The molecule has 0 aliphatic carbocycles. The van der Waals surface area contributed by atoms with E-state index in [9.17, 15) is 0 Å². The quantitative estimate of drug-likeness (QED) is 0.148. The van der Waals surface area contributed by atoms with E-state index in [1.54, 1.807) is 0 Å². The third-order valence-corrected chi connectivity index (χ3v) is 2.24. The maximum absolute atomic E-state index is 5.27. The SMILES string of the molecule is NCCNCCNCCN.NCCNCCNCCN.[Co]. The van der Waals surface area contributed by atoms with Gasteiger partial charge in [0.1, 0.15) is 0 Å². The van der Waals surface area contributed by atoms with E-state index in [-0.39, 0.29) is 16.8 Å². The first kappa shape index (κ1) is 26.1. The van der Waals surface area contributed by atoms with Crippen LogP contribution in [0.5, 0.6) is 0 Å². The van der Waals surface area contributed by atoms with Crippen molar-refractivity contribution in [1.29, 1.82) is 0 Å².